The van der Waals surface area contributed by atoms with Crippen LogP contribution in [0.1, 0.15) is 10.4 Å². The first-order valence-corrected chi connectivity index (χ1v) is 8.54. The number of halogens is 1. The zero-order valence-electron chi connectivity index (χ0n) is 13.2. The molecule has 3 rings (SSSR count). The molecule has 25 heavy (non-hydrogen) atoms. The molecule has 1 saturated heterocycles. The fourth-order valence-electron chi connectivity index (χ4n) is 2.28. The van der Waals surface area contributed by atoms with Crippen molar-refractivity contribution < 1.29 is 4.92 Å². The van der Waals surface area contributed by atoms with Crippen LogP contribution in [0.3, 0.4) is 0 Å². The lowest BCUT2D eigenvalue weighted by atomic mass is 10.2. The van der Waals surface area contributed by atoms with Crippen molar-refractivity contribution in [1.29, 1.82) is 0 Å². The van der Waals surface area contributed by atoms with Crippen molar-refractivity contribution in [3.8, 4) is 0 Å². The van der Waals surface area contributed by atoms with Gasteiger partial charge in [-0.1, -0.05) is 29.0 Å². The van der Waals surface area contributed by atoms with E-state index < -0.39 is 4.92 Å². The molecular weight excluding hydrogens is 366 g/mol. The Labute approximate surface area is 152 Å². The summed E-state index contributed by atoms with van der Waals surface area (Å²) in [6.07, 6.45) is 3.29. The van der Waals surface area contributed by atoms with Gasteiger partial charge in [0.25, 0.3) is 5.13 Å². The number of aryl methyl sites for hydroxylation is 1. The Hall–Kier alpha value is -2.59. The molecular formula is C14H14ClN7O2S. The van der Waals surface area contributed by atoms with Gasteiger partial charge in [0, 0.05) is 36.9 Å². The van der Waals surface area contributed by atoms with Gasteiger partial charge in [0.1, 0.15) is 5.15 Å². The molecule has 11 heteroatoms. The van der Waals surface area contributed by atoms with Crippen molar-refractivity contribution >= 4 is 28.1 Å². The van der Waals surface area contributed by atoms with Gasteiger partial charge < -0.3 is 20.3 Å². The standard InChI is InChI=1S/C14H14ClN7O2S/c1-9-6-18-14(25-9)20-19-13(22(23)24)12-16-4-5-21(12)8-10-2-3-11(15)17-7-10/h2-3,6-7,16H,4-5,8H2,1H3/b13-12+,20-19+. The summed E-state index contributed by atoms with van der Waals surface area (Å²) in [6.45, 7) is 3.53. The molecule has 0 aromatic carbocycles. The second kappa shape index (κ2) is 7.53. The van der Waals surface area contributed by atoms with Gasteiger partial charge in [0.15, 0.2) is 0 Å². The zero-order chi connectivity index (χ0) is 17.8. The number of thiazole rings is 1. The molecule has 1 N–H and O–H groups in total. The first-order valence-electron chi connectivity index (χ1n) is 7.35. The van der Waals surface area contributed by atoms with E-state index in [1.807, 2.05) is 17.9 Å². The van der Waals surface area contributed by atoms with Crippen LogP contribution >= 0.6 is 22.9 Å². The monoisotopic (exact) mass is 379 g/mol. The number of pyridine rings is 1. The van der Waals surface area contributed by atoms with E-state index in [0.29, 0.717) is 35.7 Å². The summed E-state index contributed by atoms with van der Waals surface area (Å²) in [5.74, 6) is -0.00995. The average molecular weight is 380 g/mol. The maximum absolute atomic E-state index is 11.4. The van der Waals surface area contributed by atoms with Gasteiger partial charge in [-0.05, 0) is 28.6 Å². The van der Waals surface area contributed by atoms with Crippen molar-refractivity contribution in [2.75, 3.05) is 13.1 Å². The van der Waals surface area contributed by atoms with Crippen molar-refractivity contribution in [2.45, 2.75) is 13.5 Å². The lowest BCUT2D eigenvalue weighted by molar-refractivity contribution is -0.429. The van der Waals surface area contributed by atoms with E-state index in [0.717, 1.165) is 10.4 Å². The fraction of sp³-hybridized carbons (Fsp3) is 0.286. The normalized spacial score (nSPS) is 16.3. The minimum Gasteiger partial charge on any atom is -0.363 e. The molecule has 1 aliphatic heterocycles. The van der Waals surface area contributed by atoms with Crippen molar-refractivity contribution in [3.05, 3.63) is 61.9 Å². The molecule has 0 radical (unpaired) electrons. The van der Waals surface area contributed by atoms with Gasteiger partial charge in [-0.3, -0.25) is 0 Å². The molecule has 0 unspecified atom stereocenters. The van der Waals surface area contributed by atoms with E-state index in [1.165, 1.54) is 11.3 Å². The van der Waals surface area contributed by atoms with E-state index in [1.54, 1.807) is 18.5 Å². The van der Waals surface area contributed by atoms with Crippen LogP contribution in [0.15, 0.2) is 46.4 Å². The van der Waals surface area contributed by atoms with Crippen LogP contribution in [0.25, 0.3) is 0 Å². The first kappa shape index (κ1) is 17.2. The third kappa shape index (κ3) is 4.28. The number of azo groups is 1. The van der Waals surface area contributed by atoms with Gasteiger partial charge in [-0.2, -0.15) is 0 Å². The second-order valence-electron chi connectivity index (χ2n) is 5.22. The molecule has 1 aliphatic rings. The van der Waals surface area contributed by atoms with Gasteiger partial charge in [-0.25, -0.2) is 9.97 Å². The van der Waals surface area contributed by atoms with Gasteiger partial charge in [-0.15, -0.1) is 0 Å². The van der Waals surface area contributed by atoms with Gasteiger partial charge in [0.05, 0.1) is 5.11 Å². The first-order chi connectivity index (χ1) is 12.0. The SMILES string of the molecule is Cc1cnc(/N=N/C(=C2/NCCN2Cc2ccc(Cl)nc2)[N+](=O)[O-])s1. The Morgan fingerprint density at radius 1 is 1.48 bits per heavy atom. The topological polar surface area (TPSA) is 109 Å². The van der Waals surface area contributed by atoms with E-state index in [2.05, 4.69) is 25.5 Å². The zero-order valence-corrected chi connectivity index (χ0v) is 14.8. The Morgan fingerprint density at radius 2 is 2.32 bits per heavy atom. The average Bonchev–Trinajstić information content (AvgIpc) is 3.19. The van der Waals surface area contributed by atoms with Gasteiger partial charge >= 0.3 is 5.82 Å². The maximum atomic E-state index is 11.4. The second-order valence-corrected chi connectivity index (χ2v) is 6.82. The van der Waals surface area contributed by atoms with Crippen LogP contribution < -0.4 is 5.32 Å². The quantitative estimate of drug-likeness (QED) is 0.370. The molecule has 3 heterocycles. The van der Waals surface area contributed by atoms with E-state index in [-0.39, 0.29) is 5.82 Å². The predicted octanol–water partition coefficient (Wildman–Crippen LogP) is 3.09. The maximum Gasteiger partial charge on any atom is 0.431 e. The lowest BCUT2D eigenvalue weighted by Gasteiger charge is -2.17. The molecule has 0 bridgehead atoms. The highest BCUT2D eigenvalue weighted by molar-refractivity contribution is 7.15. The number of hydrogen-bond donors (Lipinski definition) is 1. The fourth-order valence-corrected chi connectivity index (χ4v) is 2.97. The summed E-state index contributed by atoms with van der Waals surface area (Å²) in [5, 5.41) is 22.9. The van der Waals surface area contributed by atoms with E-state index in [4.69, 9.17) is 11.6 Å². The van der Waals surface area contributed by atoms with Crippen LogP contribution in [0.5, 0.6) is 0 Å². The Balaban J connectivity index is 1.85. The third-order valence-electron chi connectivity index (χ3n) is 3.38. The number of hydrogen-bond acceptors (Lipinski definition) is 9. The lowest BCUT2D eigenvalue weighted by Crippen LogP contribution is -2.23. The van der Waals surface area contributed by atoms with Crippen LogP contribution in [-0.2, 0) is 6.54 Å². The molecule has 0 amide bonds. The number of nitro groups is 1. The predicted molar refractivity (Wildman–Crippen MR) is 93.0 cm³/mol. The summed E-state index contributed by atoms with van der Waals surface area (Å²) in [7, 11) is 0. The number of rotatable bonds is 5. The largest absolute Gasteiger partial charge is 0.431 e. The molecule has 9 nitrogen and oxygen atoms in total. The van der Waals surface area contributed by atoms with Crippen LogP contribution in [-0.4, -0.2) is 32.9 Å². The molecule has 0 spiro atoms. The van der Waals surface area contributed by atoms with Crippen molar-refractivity contribution in [2.24, 2.45) is 10.2 Å². The van der Waals surface area contributed by atoms with Gasteiger partial charge in [0.2, 0.25) is 5.82 Å². The number of aromatic nitrogens is 2. The summed E-state index contributed by atoms with van der Waals surface area (Å²) < 4.78 is 0. The number of nitrogens with one attached hydrogen (secondary N) is 1. The molecule has 0 atom stereocenters. The highest BCUT2D eigenvalue weighted by atomic mass is 35.5. The summed E-state index contributed by atoms with van der Waals surface area (Å²) in [5.41, 5.74) is 0.890. The van der Waals surface area contributed by atoms with E-state index in [9.17, 15) is 10.1 Å². The van der Waals surface area contributed by atoms with Crippen LogP contribution in [0.2, 0.25) is 5.15 Å². The van der Waals surface area contributed by atoms with Crippen molar-refractivity contribution in [1.82, 2.24) is 20.2 Å². The minimum atomic E-state index is -0.551. The smallest absolute Gasteiger partial charge is 0.363 e. The molecule has 2 aromatic rings. The molecule has 0 saturated carbocycles. The summed E-state index contributed by atoms with van der Waals surface area (Å²) >= 11 is 7.10. The molecule has 2 aromatic heterocycles. The Morgan fingerprint density at radius 3 is 2.96 bits per heavy atom. The van der Waals surface area contributed by atoms with Crippen LogP contribution in [0.4, 0.5) is 5.13 Å². The molecule has 0 aliphatic carbocycles. The highest BCUT2D eigenvalue weighted by Crippen LogP contribution is 2.23. The van der Waals surface area contributed by atoms with E-state index >= 15 is 0 Å². The molecule has 130 valence electrons. The summed E-state index contributed by atoms with van der Waals surface area (Å²) in [4.78, 5) is 21.7. The Kier molecular flexibility index (Phi) is 5.19. The van der Waals surface area contributed by atoms with Crippen LogP contribution in [0, 0.1) is 17.0 Å². The Bertz CT molecular complexity index is 834. The minimum absolute atomic E-state index is 0.331. The van der Waals surface area contributed by atoms with Crippen molar-refractivity contribution in [3.63, 3.8) is 0 Å². The number of nitrogens with zero attached hydrogens (tertiary/aromatic N) is 6. The molecule has 1 fully saturated rings. The summed E-state index contributed by atoms with van der Waals surface area (Å²) in [6, 6.07) is 3.51. The third-order valence-corrected chi connectivity index (χ3v) is 4.40. The highest BCUT2D eigenvalue weighted by Gasteiger charge is 2.28.